The molecule has 1 fully saturated rings. The molecule has 3 aliphatic heterocycles. The molecule has 65 heavy (non-hydrogen) atoms. The Morgan fingerprint density at radius 3 is 1.48 bits per heavy atom. The molecule has 0 N–H and O–H groups in total. The van der Waals surface area contributed by atoms with Crippen LogP contribution in [0.1, 0.15) is 156 Å². The van der Waals surface area contributed by atoms with Crippen molar-refractivity contribution >= 4 is 68.6 Å². The van der Waals surface area contributed by atoms with E-state index in [-0.39, 0.29) is 39.3 Å². The first-order valence-electron chi connectivity index (χ1n) is 24.6. The van der Waals surface area contributed by atoms with Gasteiger partial charge in [0.1, 0.15) is 0 Å². The molecule has 4 aliphatic rings. The molecule has 2 unspecified atom stereocenters. The number of aryl methyl sites for hydroxylation is 1. The molecule has 10 rings (SSSR count). The topological polar surface area (TPSA) is 9.72 Å². The van der Waals surface area contributed by atoms with Crippen molar-refractivity contribution in [3.63, 3.8) is 0 Å². The monoisotopic (exact) mass is 858 g/mol. The van der Waals surface area contributed by atoms with Crippen LogP contribution in [0.4, 0.5) is 45.5 Å². The third-order valence-corrected chi connectivity index (χ3v) is 16.3. The van der Waals surface area contributed by atoms with Crippen LogP contribution in [0.5, 0.6) is 0 Å². The highest BCUT2D eigenvalue weighted by atomic mass is 15.3. The summed E-state index contributed by atoms with van der Waals surface area (Å²) in [6.45, 7) is 35.6. The van der Waals surface area contributed by atoms with Crippen LogP contribution in [0.2, 0.25) is 0 Å². The third kappa shape index (κ3) is 6.65. The fourth-order valence-corrected chi connectivity index (χ4v) is 12.2. The predicted octanol–water partition coefficient (Wildman–Crippen LogP) is 15.0. The lowest BCUT2D eigenvalue weighted by Crippen LogP contribution is -2.62. The lowest BCUT2D eigenvalue weighted by Gasteiger charge is -2.51. The van der Waals surface area contributed by atoms with Gasteiger partial charge in [0.2, 0.25) is 0 Å². The lowest BCUT2D eigenvalue weighted by molar-refractivity contribution is 0.195. The van der Waals surface area contributed by atoms with Gasteiger partial charge in [-0.25, -0.2) is 0 Å². The summed E-state index contributed by atoms with van der Waals surface area (Å²) in [5.41, 5.74) is 22.5. The van der Waals surface area contributed by atoms with Gasteiger partial charge in [0.25, 0.3) is 6.71 Å². The maximum absolute atomic E-state index is 2.79. The van der Waals surface area contributed by atoms with Crippen molar-refractivity contribution in [2.45, 2.75) is 162 Å². The van der Waals surface area contributed by atoms with Crippen molar-refractivity contribution in [1.82, 2.24) is 0 Å². The van der Waals surface area contributed by atoms with Gasteiger partial charge < -0.3 is 14.7 Å². The maximum atomic E-state index is 2.79. The van der Waals surface area contributed by atoms with E-state index in [0.29, 0.717) is 0 Å². The van der Waals surface area contributed by atoms with Gasteiger partial charge in [0.15, 0.2) is 0 Å². The van der Waals surface area contributed by atoms with E-state index in [9.17, 15) is 0 Å². The Kier molecular flexibility index (Phi) is 9.67. The standard InChI is InChI=1S/C61H72BN3/c1-39-34-41(57(5,6)7)24-29-49(39)64-52-31-26-43(59(11,12)13)36-48(52)62-47-35-42(58(8,9)10)25-30-51(47)63(44-27-22-40(23-28-44)56(2,3)4)53-37-45(38-54(64)55(53)62)65-50-21-17-16-20-46(50)60(14)32-18-19-33-61(60,65)15/h16-17,20-31,34-38H,18-19,32-33H2,1-15H3. The Labute approximate surface area is 392 Å². The largest absolute Gasteiger partial charge is 0.334 e. The summed E-state index contributed by atoms with van der Waals surface area (Å²) >= 11 is 0. The van der Waals surface area contributed by atoms with Gasteiger partial charge in [-0.15, -0.1) is 0 Å². The predicted molar refractivity (Wildman–Crippen MR) is 283 cm³/mol. The van der Waals surface area contributed by atoms with Crippen LogP contribution in [0.15, 0.2) is 115 Å². The minimum Gasteiger partial charge on any atom is -0.334 e. The SMILES string of the molecule is Cc1cc(C(C)(C)C)ccc1N1c2ccc(C(C)(C)C)cc2B2c3cc(C(C)(C)C)ccc3N(c3ccc(C(C)(C)C)cc3)c3cc(N4c5ccccc5C5(C)CCCCC45C)cc1c32. The Morgan fingerprint density at radius 1 is 0.446 bits per heavy atom. The van der Waals surface area contributed by atoms with E-state index in [2.05, 4.69) is 234 Å². The number of para-hydroxylation sites is 1. The summed E-state index contributed by atoms with van der Waals surface area (Å²) in [7, 11) is 0. The van der Waals surface area contributed by atoms with Crippen LogP contribution in [-0.2, 0) is 27.1 Å². The molecular weight excluding hydrogens is 786 g/mol. The van der Waals surface area contributed by atoms with Gasteiger partial charge in [-0.2, -0.15) is 0 Å². The van der Waals surface area contributed by atoms with Gasteiger partial charge >= 0.3 is 0 Å². The van der Waals surface area contributed by atoms with Gasteiger partial charge in [-0.05, 0) is 147 Å². The molecule has 0 aromatic heterocycles. The molecule has 334 valence electrons. The Bertz CT molecular complexity index is 2880. The Morgan fingerprint density at radius 2 is 0.923 bits per heavy atom. The zero-order valence-electron chi connectivity index (χ0n) is 42.2. The van der Waals surface area contributed by atoms with Crippen LogP contribution < -0.4 is 31.1 Å². The zero-order chi connectivity index (χ0) is 46.4. The second-order valence-electron chi connectivity index (χ2n) is 24.8. The van der Waals surface area contributed by atoms with Crippen molar-refractivity contribution in [1.29, 1.82) is 0 Å². The van der Waals surface area contributed by atoms with Crippen LogP contribution in [0.25, 0.3) is 0 Å². The summed E-state index contributed by atoms with van der Waals surface area (Å²) in [5.74, 6) is 0. The minimum absolute atomic E-state index is 0.0187. The first kappa shape index (κ1) is 43.7. The van der Waals surface area contributed by atoms with E-state index in [1.807, 2.05) is 0 Å². The molecular formula is C61H72BN3. The molecule has 1 aliphatic carbocycles. The molecule has 1 saturated carbocycles. The van der Waals surface area contributed by atoms with Gasteiger partial charge in [-0.3, -0.25) is 0 Å². The second kappa shape index (κ2) is 14.4. The van der Waals surface area contributed by atoms with Crippen molar-refractivity contribution in [2.24, 2.45) is 0 Å². The molecule has 2 atom stereocenters. The summed E-state index contributed by atoms with van der Waals surface area (Å²) in [5, 5.41) is 0. The molecule has 6 aromatic rings. The summed E-state index contributed by atoms with van der Waals surface area (Å²) < 4.78 is 0. The van der Waals surface area contributed by atoms with E-state index >= 15 is 0 Å². The van der Waals surface area contributed by atoms with Gasteiger partial charge in [-0.1, -0.05) is 170 Å². The highest BCUT2D eigenvalue weighted by Gasteiger charge is 2.58. The van der Waals surface area contributed by atoms with Gasteiger partial charge in [0.05, 0.1) is 5.54 Å². The number of benzene rings is 6. The van der Waals surface area contributed by atoms with Crippen molar-refractivity contribution in [2.75, 3.05) is 14.7 Å². The zero-order valence-corrected chi connectivity index (χ0v) is 42.2. The van der Waals surface area contributed by atoms with Crippen molar-refractivity contribution < 1.29 is 0 Å². The molecule has 3 heterocycles. The smallest absolute Gasteiger partial charge is 0.252 e. The van der Waals surface area contributed by atoms with Gasteiger partial charge in [0, 0.05) is 50.9 Å². The average Bonchev–Trinajstić information content (AvgIpc) is 3.45. The third-order valence-electron chi connectivity index (χ3n) is 16.3. The fourth-order valence-electron chi connectivity index (χ4n) is 12.2. The molecule has 4 heteroatoms. The Hall–Kier alpha value is -5.22. The van der Waals surface area contributed by atoms with E-state index in [1.165, 1.54) is 115 Å². The minimum atomic E-state index is -0.0913. The molecule has 0 saturated heterocycles. The molecule has 0 radical (unpaired) electrons. The Balaban J connectivity index is 1.35. The van der Waals surface area contributed by atoms with E-state index in [1.54, 1.807) is 0 Å². The summed E-state index contributed by atoms with van der Waals surface area (Å²) in [4.78, 5) is 8.08. The summed E-state index contributed by atoms with van der Waals surface area (Å²) in [6, 6.07) is 46.1. The molecule has 0 bridgehead atoms. The van der Waals surface area contributed by atoms with Crippen LogP contribution in [0, 0.1) is 6.92 Å². The quantitative estimate of drug-likeness (QED) is 0.164. The number of nitrogens with zero attached hydrogens (tertiary/aromatic N) is 3. The molecule has 0 amide bonds. The summed E-state index contributed by atoms with van der Waals surface area (Å²) in [6.07, 6.45) is 4.85. The highest BCUT2D eigenvalue weighted by Crippen LogP contribution is 2.62. The van der Waals surface area contributed by atoms with E-state index in [0.717, 1.165) is 6.42 Å². The van der Waals surface area contributed by atoms with E-state index < -0.39 is 0 Å². The molecule has 6 aromatic carbocycles. The van der Waals surface area contributed by atoms with Crippen molar-refractivity contribution in [3.05, 3.63) is 149 Å². The van der Waals surface area contributed by atoms with Crippen LogP contribution in [-0.4, -0.2) is 12.3 Å². The fraction of sp³-hybridized carbons (Fsp3) is 0.410. The average molecular weight is 858 g/mol. The van der Waals surface area contributed by atoms with E-state index in [4.69, 9.17) is 0 Å². The molecule has 3 nitrogen and oxygen atoms in total. The number of rotatable bonds is 3. The maximum Gasteiger partial charge on any atom is 0.252 e. The highest BCUT2D eigenvalue weighted by molar-refractivity contribution is 7.00. The number of fused-ring (bicyclic) bond motifs is 7. The van der Waals surface area contributed by atoms with Crippen molar-refractivity contribution in [3.8, 4) is 0 Å². The number of hydrogen-bond donors (Lipinski definition) is 0. The lowest BCUT2D eigenvalue weighted by atomic mass is 9.33. The van der Waals surface area contributed by atoms with Crippen LogP contribution in [0.3, 0.4) is 0 Å². The van der Waals surface area contributed by atoms with Crippen LogP contribution >= 0.6 is 0 Å². The number of hydrogen-bond acceptors (Lipinski definition) is 3. The number of anilines is 8. The normalized spacial score (nSPS) is 20.3. The first-order chi connectivity index (χ1) is 30.4. The molecule has 0 spiro atoms. The first-order valence-corrected chi connectivity index (χ1v) is 24.6. The second-order valence-corrected chi connectivity index (χ2v) is 24.8.